The highest BCUT2D eigenvalue weighted by atomic mass is 32.2. The first-order valence-electron chi connectivity index (χ1n) is 9.78. The smallest absolute Gasteiger partial charge is 0.335 e. The summed E-state index contributed by atoms with van der Waals surface area (Å²) in [6.45, 7) is 3.57. The summed E-state index contributed by atoms with van der Waals surface area (Å²) in [7, 11) is -7.95. The van der Waals surface area contributed by atoms with Crippen LogP contribution >= 0.6 is 0 Å². The lowest BCUT2D eigenvalue weighted by molar-refractivity contribution is 0.0697. The van der Waals surface area contributed by atoms with Crippen molar-refractivity contribution in [2.45, 2.75) is 41.0 Å². The number of aromatic carboxylic acids is 1. The summed E-state index contributed by atoms with van der Waals surface area (Å²) in [6.07, 6.45) is 0. The van der Waals surface area contributed by atoms with Crippen molar-refractivity contribution >= 4 is 25.8 Å². The Morgan fingerprint density at radius 1 is 0.875 bits per heavy atom. The zero-order valence-electron chi connectivity index (χ0n) is 17.5. The molecule has 0 fully saturated rings. The monoisotopic (exact) mass is 473 g/mol. The molecule has 9 heteroatoms. The molecule has 0 saturated carbocycles. The third-order valence-electron chi connectivity index (χ3n) is 4.93. The molecule has 0 atom stereocenters. The largest absolute Gasteiger partial charge is 0.478 e. The number of carboxylic acid groups (broad SMARTS) is 1. The lowest BCUT2D eigenvalue weighted by Crippen LogP contribution is -2.25. The minimum absolute atomic E-state index is 0.0740. The summed E-state index contributed by atoms with van der Waals surface area (Å²) in [5.41, 5.74) is 1.15. The van der Waals surface area contributed by atoms with Gasteiger partial charge in [-0.3, -0.25) is 0 Å². The Kier molecular flexibility index (Phi) is 6.82. The van der Waals surface area contributed by atoms with Gasteiger partial charge in [0.15, 0.2) is 0 Å². The van der Waals surface area contributed by atoms with Crippen molar-refractivity contribution in [2.75, 3.05) is 0 Å². The number of sulfonamides is 1. The van der Waals surface area contributed by atoms with Crippen LogP contribution in [0.15, 0.2) is 87.5 Å². The van der Waals surface area contributed by atoms with Gasteiger partial charge in [0.2, 0.25) is 19.9 Å². The molecule has 0 heterocycles. The summed E-state index contributed by atoms with van der Waals surface area (Å²) in [5, 5.41) is 8.98. The molecule has 2 N–H and O–H groups in total. The average molecular weight is 474 g/mol. The maximum Gasteiger partial charge on any atom is 0.335 e. The Bertz CT molecular complexity index is 1330. The van der Waals surface area contributed by atoms with E-state index in [9.17, 15) is 21.6 Å². The fourth-order valence-electron chi connectivity index (χ4n) is 3.15. The zero-order chi connectivity index (χ0) is 23.5. The van der Waals surface area contributed by atoms with Gasteiger partial charge in [-0.2, -0.15) is 0 Å². The molecule has 0 aliphatic heterocycles. The van der Waals surface area contributed by atoms with E-state index in [1.54, 1.807) is 18.2 Å². The van der Waals surface area contributed by atoms with E-state index in [0.29, 0.717) is 11.1 Å². The van der Waals surface area contributed by atoms with Crippen LogP contribution < -0.4 is 4.72 Å². The summed E-state index contributed by atoms with van der Waals surface area (Å²) in [5.74, 6) is -1.24. The van der Waals surface area contributed by atoms with Gasteiger partial charge in [-0.1, -0.05) is 50.2 Å². The van der Waals surface area contributed by atoms with Crippen molar-refractivity contribution in [2.24, 2.45) is 0 Å². The normalized spacial score (nSPS) is 12.1. The number of carbonyl (C=O) groups is 1. The molecule has 0 aliphatic carbocycles. The highest BCUT2D eigenvalue weighted by Crippen LogP contribution is 2.29. The Balaban J connectivity index is 1.97. The van der Waals surface area contributed by atoms with E-state index in [1.807, 2.05) is 13.8 Å². The molecule has 32 heavy (non-hydrogen) atoms. The Labute approximate surface area is 187 Å². The van der Waals surface area contributed by atoms with Crippen LogP contribution in [0, 0.1) is 0 Å². The first-order chi connectivity index (χ1) is 15.0. The van der Waals surface area contributed by atoms with Crippen LogP contribution in [0.3, 0.4) is 0 Å². The van der Waals surface area contributed by atoms with E-state index in [-0.39, 0.29) is 32.7 Å². The molecule has 3 aromatic carbocycles. The number of sulfone groups is 1. The molecular formula is C23H23NO6S2. The van der Waals surface area contributed by atoms with E-state index in [0.717, 1.165) is 0 Å². The van der Waals surface area contributed by atoms with Gasteiger partial charge >= 0.3 is 5.97 Å². The lowest BCUT2D eigenvalue weighted by Gasteiger charge is -2.16. The molecule has 0 aliphatic rings. The number of hydrogen-bond acceptors (Lipinski definition) is 5. The Morgan fingerprint density at radius 2 is 1.50 bits per heavy atom. The van der Waals surface area contributed by atoms with Crippen LogP contribution in [-0.2, 0) is 26.4 Å². The number of hydrogen-bond donors (Lipinski definition) is 2. The molecule has 168 valence electrons. The second-order valence-corrected chi connectivity index (χ2v) is 11.2. The standard InChI is InChI=1S/C23H23NO6S2/c1-16(2)21-13-12-20(31(27,28)19-6-4-3-5-7-19)14-22(21)32(29,30)24-15-17-8-10-18(11-9-17)23(25)26/h3-14,16,24H,15H2,1-2H3,(H,25,26). The van der Waals surface area contributed by atoms with Crippen LogP contribution in [0.25, 0.3) is 0 Å². The van der Waals surface area contributed by atoms with Gasteiger partial charge < -0.3 is 5.11 Å². The predicted octanol–water partition coefficient (Wildman–Crippen LogP) is 3.82. The second kappa shape index (κ2) is 9.23. The van der Waals surface area contributed by atoms with Gasteiger partial charge in [-0.05, 0) is 53.4 Å². The summed E-state index contributed by atoms with van der Waals surface area (Å²) < 4.78 is 54.7. The minimum atomic E-state index is -4.06. The maximum absolute atomic E-state index is 13.1. The van der Waals surface area contributed by atoms with E-state index < -0.39 is 25.8 Å². The van der Waals surface area contributed by atoms with Gasteiger partial charge in [0.25, 0.3) is 0 Å². The second-order valence-electron chi connectivity index (χ2n) is 7.50. The fraction of sp³-hybridized carbons (Fsp3) is 0.174. The SMILES string of the molecule is CC(C)c1ccc(S(=O)(=O)c2ccccc2)cc1S(=O)(=O)NCc1ccc(C(=O)O)cc1. The molecule has 0 aromatic heterocycles. The summed E-state index contributed by atoms with van der Waals surface area (Å²) in [4.78, 5) is 10.8. The first kappa shape index (κ1) is 23.6. The van der Waals surface area contributed by atoms with E-state index >= 15 is 0 Å². The summed E-state index contributed by atoms with van der Waals surface area (Å²) in [6, 6.07) is 17.8. The van der Waals surface area contributed by atoms with Crippen LogP contribution in [0.5, 0.6) is 0 Å². The molecule has 0 unspecified atom stereocenters. The molecular weight excluding hydrogens is 450 g/mol. The fourth-order valence-corrected chi connectivity index (χ4v) is 5.94. The topological polar surface area (TPSA) is 118 Å². The number of benzene rings is 3. The molecule has 0 amide bonds. The number of rotatable bonds is 8. The van der Waals surface area contributed by atoms with Gasteiger partial charge in [0, 0.05) is 6.54 Å². The third kappa shape index (κ3) is 5.07. The molecule has 0 saturated heterocycles. The maximum atomic E-state index is 13.1. The lowest BCUT2D eigenvalue weighted by atomic mass is 10.0. The van der Waals surface area contributed by atoms with Crippen LogP contribution in [0.2, 0.25) is 0 Å². The van der Waals surface area contributed by atoms with Crippen molar-refractivity contribution in [3.8, 4) is 0 Å². The van der Waals surface area contributed by atoms with Gasteiger partial charge in [0.1, 0.15) is 0 Å². The number of carboxylic acids is 1. The zero-order valence-corrected chi connectivity index (χ0v) is 19.2. The minimum Gasteiger partial charge on any atom is -0.478 e. The quantitative estimate of drug-likeness (QED) is 0.514. The van der Waals surface area contributed by atoms with E-state index in [4.69, 9.17) is 5.11 Å². The molecule has 0 spiro atoms. The van der Waals surface area contributed by atoms with Crippen molar-refractivity contribution in [1.29, 1.82) is 0 Å². The van der Waals surface area contributed by atoms with Gasteiger partial charge in [0.05, 0.1) is 20.2 Å². The van der Waals surface area contributed by atoms with Gasteiger partial charge in [-0.15, -0.1) is 0 Å². The van der Waals surface area contributed by atoms with Crippen LogP contribution in [-0.4, -0.2) is 27.9 Å². The predicted molar refractivity (Wildman–Crippen MR) is 120 cm³/mol. The highest BCUT2D eigenvalue weighted by Gasteiger charge is 2.25. The number of nitrogens with one attached hydrogen (secondary N) is 1. The molecule has 0 bridgehead atoms. The van der Waals surface area contributed by atoms with E-state index in [1.165, 1.54) is 54.6 Å². The van der Waals surface area contributed by atoms with Crippen molar-refractivity contribution in [3.63, 3.8) is 0 Å². The van der Waals surface area contributed by atoms with E-state index in [2.05, 4.69) is 4.72 Å². The molecule has 0 radical (unpaired) electrons. The van der Waals surface area contributed by atoms with Crippen LogP contribution in [0.1, 0.15) is 41.3 Å². The first-order valence-corrected chi connectivity index (χ1v) is 12.7. The van der Waals surface area contributed by atoms with Gasteiger partial charge in [-0.25, -0.2) is 26.4 Å². The Morgan fingerprint density at radius 3 is 2.06 bits per heavy atom. The summed E-state index contributed by atoms with van der Waals surface area (Å²) >= 11 is 0. The average Bonchev–Trinajstić information content (AvgIpc) is 2.78. The van der Waals surface area contributed by atoms with Crippen molar-refractivity contribution < 1.29 is 26.7 Å². The third-order valence-corrected chi connectivity index (χ3v) is 8.15. The molecule has 3 rings (SSSR count). The van der Waals surface area contributed by atoms with Crippen molar-refractivity contribution in [3.05, 3.63) is 89.5 Å². The highest BCUT2D eigenvalue weighted by molar-refractivity contribution is 7.91. The molecule has 3 aromatic rings. The molecule has 7 nitrogen and oxygen atoms in total. The van der Waals surface area contributed by atoms with Crippen molar-refractivity contribution in [1.82, 2.24) is 4.72 Å². The Hall–Kier alpha value is -3.01. The van der Waals surface area contributed by atoms with Crippen LogP contribution in [0.4, 0.5) is 0 Å².